The number of esters is 1. The van der Waals surface area contributed by atoms with Gasteiger partial charge in [0.1, 0.15) is 22.5 Å². The zero-order chi connectivity index (χ0) is 42.5. The first-order chi connectivity index (χ1) is 29.0. The minimum atomic E-state index is -0.607. The number of hydrogen-bond donors (Lipinski definition) is 3. The standard InChI is InChI=1S/C49H67N7O3S/c1-34-35(2)60-48-45(34)46(53-42(32-44(58)59-49(4,5)6)47-55-54-36(3)56(47)48)37-25-27-39(28-26-37)52-43(57)24-18-16-14-12-10-8-7-9-11-13-15-17-21-30-50-31-29-38-33-51-41-23-20-19-22-40(38)41/h19-20,22-23,25-28,33,42,50-51H,7-18,21,24,29-32H2,1-6H3,(H,52,57)/t42-/m0/s1. The lowest BCUT2D eigenvalue weighted by atomic mass is 9.99. The van der Waals surface area contributed by atoms with Crippen LogP contribution in [-0.2, 0) is 20.7 Å². The number of carbonyl (C=O) groups excluding carboxylic acids is 2. The molecule has 11 heteroatoms. The largest absolute Gasteiger partial charge is 0.460 e. The summed E-state index contributed by atoms with van der Waals surface area (Å²) in [5, 5.41) is 17.9. The van der Waals surface area contributed by atoms with Gasteiger partial charge in [-0.15, -0.1) is 21.5 Å². The molecule has 1 amide bonds. The fourth-order valence-electron chi connectivity index (χ4n) is 8.17. The lowest BCUT2D eigenvalue weighted by molar-refractivity contribution is -0.155. The van der Waals surface area contributed by atoms with Crippen molar-refractivity contribution in [3.8, 4) is 5.00 Å². The van der Waals surface area contributed by atoms with E-state index >= 15 is 0 Å². The van der Waals surface area contributed by atoms with Crippen LogP contribution in [0.2, 0.25) is 0 Å². The Balaban J connectivity index is 0.838. The van der Waals surface area contributed by atoms with Crippen LogP contribution in [0.4, 0.5) is 5.69 Å². The molecule has 0 unspecified atom stereocenters. The number of H-pyrrole nitrogens is 1. The van der Waals surface area contributed by atoms with Crippen LogP contribution in [0.5, 0.6) is 0 Å². The van der Waals surface area contributed by atoms with Crippen LogP contribution in [0.15, 0.2) is 59.7 Å². The van der Waals surface area contributed by atoms with Gasteiger partial charge in [0.2, 0.25) is 5.91 Å². The van der Waals surface area contributed by atoms with E-state index in [9.17, 15) is 9.59 Å². The number of fused-ring (bicyclic) bond motifs is 4. The van der Waals surface area contributed by atoms with E-state index in [1.807, 2.05) is 56.5 Å². The van der Waals surface area contributed by atoms with E-state index in [-0.39, 0.29) is 18.3 Å². The second kappa shape index (κ2) is 21.8. The van der Waals surface area contributed by atoms with Gasteiger partial charge in [0.15, 0.2) is 5.82 Å². The van der Waals surface area contributed by atoms with Gasteiger partial charge in [0.05, 0.1) is 12.1 Å². The first-order valence-electron chi connectivity index (χ1n) is 22.5. The summed E-state index contributed by atoms with van der Waals surface area (Å²) in [7, 11) is 0. The molecule has 1 aliphatic heterocycles. The number of benzene rings is 2. The van der Waals surface area contributed by atoms with Crippen molar-refractivity contribution in [2.24, 2.45) is 4.99 Å². The Morgan fingerprint density at radius 2 is 1.47 bits per heavy atom. The topological polar surface area (TPSA) is 126 Å². The molecule has 2 aromatic carbocycles. The van der Waals surface area contributed by atoms with Crippen molar-refractivity contribution in [3.63, 3.8) is 0 Å². The molecule has 1 aliphatic rings. The maximum atomic E-state index is 13.1. The molecule has 0 radical (unpaired) electrons. The van der Waals surface area contributed by atoms with Crippen molar-refractivity contribution in [3.05, 3.63) is 93.5 Å². The quantitative estimate of drug-likeness (QED) is 0.0444. The van der Waals surface area contributed by atoms with E-state index in [1.165, 1.54) is 92.0 Å². The van der Waals surface area contributed by atoms with Gasteiger partial charge in [-0.25, -0.2) is 0 Å². The first-order valence-corrected chi connectivity index (χ1v) is 23.3. The summed E-state index contributed by atoms with van der Waals surface area (Å²) in [6.07, 6.45) is 20.2. The molecule has 5 aromatic rings. The molecule has 1 atom stereocenters. The number of rotatable bonds is 23. The highest BCUT2D eigenvalue weighted by Crippen LogP contribution is 2.40. The third kappa shape index (κ3) is 12.5. The van der Waals surface area contributed by atoms with Crippen molar-refractivity contribution >= 4 is 45.5 Å². The molecule has 3 aromatic heterocycles. The molecule has 10 nitrogen and oxygen atoms in total. The third-order valence-electron chi connectivity index (χ3n) is 11.5. The molecular weight excluding hydrogens is 767 g/mol. The molecule has 0 bridgehead atoms. The summed E-state index contributed by atoms with van der Waals surface area (Å²) < 4.78 is 7.73. The summed E-state index contributed by atoms with van der Waals surface area (Å²) in [4.78, 5) is 35.7. The number of hydrogen-bond acceptors (Lipinski definition) is 8. The lowest BCUT2D eigenvalue weighted by Crippen LogP contribution is -2.25. The number of nitrogens with one attached hydrogen (secondary N) is 3. The first kappa shape index (κ1) is 44.9. The number of nitrogens with zero attached hydrogens (tertiary/aromatic N) is 4. The van der Waals surface area contributed by atoms with Crippen LogP contribution in [0.25, 0.3) is 15.9 Å². The van der Waals surface area contributed by atoms with Crippen LogP contribution in [0.3, 0.4) is 0 Å². The van der Waals surface area contributed by atoms with Crippen LogP contribution in [0.1, 0.15) is 162 Å². The van der Waals surface area contributed by atoms with Crippen molar-refractivity contribution in [2.45, 2.75) is 156 Å². The predicted octanol–water partition coefficient (Wildman–Crippen LogP) is 11.6. The Kier molecular flexibility index (Phi) is 16.3. The summed E-state index contributed by atoms with van der Waals surface area (Å²) in [6.45, 7) is 13.9. The summed E-state index contributed by atoms with van der Waals surface area (Å²) >= 11 is 1.68. The average Bonchev–Trinajstić information content (AvgIpc) is 3.87. The number of unbranched alkanes of at least 4 members (excludes halogenated alkanes) is 12. The number of aliphatic imine (C=N–C) groups is 1. The highest BCUT2D eigenvalue weighted by Gasteiger charge is 2.33. The monoisotopic (exact) mass is 834 g/mol. The van der Waals surface area contributed by atoms with Gasteiger partial charge >= 0.3 is 5.97 Å². The van der Waals surface area contributed by atoms with Crippen molar-refractivity contribution in [1.82, 2.24) is 25.1 Å². The van der Waals surface area contributed by atoms with E-state index in [4.69, 9.17) is 9.73 Å². The molecule has 0 spiro atoms. The Bertz CT molecular complexity index is 2190. The van der Waals surface area contributed by atoms with Gasteiger partial charge in [-0.05, 0) is 103 Å². The van der Waals surface area contributed by atoms with Crippen molar-refractivity contribution in [1.29, 1.82) is 0 Å². The molecule has 6 rings (SSSR count). The van der Waals surface area contributed by atoms with Gasteiger partial charge in [-0.2, -0.15) is 0 Å². The van der Waals surface area contributed by atoms with Gasteiger partial charge < -0.3 is 20.4 Å². The molecule has 0 aliphatic carbocycles. The van der Waals surface area contributed by atoms with Crippen LogP contribution in [0, 0.1) is 20.8 Å². The number of thiophene rings is 1. The second-order valence-electron chi connectivity index (χ2n) is 17.5. The van der Waals surface area contributed by atoms with E-state index in [2.05, 4.69) is 70.1 Å². The molecule has 0 saturated carbocycles. The van der Waals surface area contributed by atoms with E-state index in [0.717, 1.165) is 71.3 Å². The Morgan fingerprint density at radius 1 is 0.817 bits per heavy atom. The van der Waals surface area contributed by atoms with Crippen LogP contribution >= 0.6 is 11.3 Å². The van der Waals surface area contributed by atoms with Crippen molar-refractivity contribution < 1.29 is 14.3 Å². The maximum Gasteiger partial charge on any atom is 0.308 e. The van der Waals surface area contributed by atoms with E-state index < -0.39 is 11.6 Å². The Hall–Kier alpha value is -4.61. The molecular formula is C49H67N7O3S. The number of anilines is 1. The number of aryl methyl sites for hydroxylation is 2. The third-order valence-corrected chi connectivity index (χ3v) is 12.7. The summed E-state index contributed by atoms with van der Waals surface area (Å²) in [5.41, 5.74) is 6.65. The Labute approximate surface area is 361 Å². The molecule has 0 fully saturated rings. The van der Waals surface area contributed by atoms with Gasteiger partial charge in [-0.3, -0.25) is 19.1 Å². The highest BCUT2D eigenvalue weighted by atomic mass is 32.1. The van der Waals surface area contributed by atoms with Gasteiger partial charge in [0.25, 0.3) is 0 Å². The normalized spacial score (nSPS) is 13.8. The maximum absolute atomic E-state index is 13.1. The minimum Gasteiger partial charge on any atom is -0.460 e. The van der Waals surface area contributed by atoms with E-state index in [0.29, 0.717) is 12.2 Å². The van der Waals surface area contributed by atoms with Gasteiger partial charge in [0, 0.05) is 45.2 Å². The average molecular weight is 834 g/mol. The summed E-state index contributed by atoms with van der Waals surface area (Å²) in [5.74, 6) is 1.09. The number of carbonyl (C=O) groups is 2. The SMILES string of the molecule is Cc1sc2c(c1C)C(c1ccc(NC(=O)CCCCCCCCCCCCCCCNCCc3c[nH]c4ccccc34)cc1)=N[C@@H](CC(=O)OC(C)(C)C)c1nnc(C)n1-2. The minimum absolute atomic E-state index is 0.0460. The van der Waals surface area contributed by atoms with Crippen molar-refractivity contribution in [2.75, 3.05) is 18.4 Å². The lowest BCUT2D eigenvalue weighted by Gasteiger charge is -2.21. The van der Waals surface area contributed by atoms with Crippen LogP contribution in [-0.4, -0.2) is 56.0 Å². The highest BCUT2D eigenvalue weighted by molar-refractivity contribution is 7.15. The number of aromatic amines is 1. The van der Waals surface area contributed by atoms with Crippen LogP contribution < -0.4 is 10.6 Å². The fourth-order valence-corrected chi connectivity index (χ4v) is 9.38. The zero-order valence-electron chi connectivity index (χ0n) is 36.9. The number of para-hydroxylation sites is 1. The molecule has 3 N–H and O–H groups in total. The number of aromatic nitrogens is 4. The predicted molar refractivity (Wildman–Crippen MR) is 247 cm³/mol. The zero-order valence-corrected chi connectivity index (χ0v) is 37.7. The fraction of sp³-hybridized carbons (Fsp3) is 0.531. The molecule has 0 saturated heterocycles. The second-order valence-corrected chi connectivity index (χ2v) is 18.7. The van der Waals surface area contributed by atoms with Gasteiger partial charge in [-0.1, -0.05) is 101 Å². The molecule has 60 heavy (non-hydrogen) atoms. The molecule has 4 heterocycles. The Morgan fingerprint density at radius 3 is 2.15 bits per heavy atom. The smallest absolute Gasteiger partial charge is 0.308 e. The number of ether oxygens (including phenoxy) is 1. The van der Waals surface area contributed by atoms with E-state index in [1.54, 1.807) is 11.3 Å². The number of amides is 1. The molecule has 322 valence electrons. The summed E-state index contributed by atoms with van der Waals surface area (Å²) in [6, 6.07) is 15.9.